The number of β-amino-alcohol motifs (C(OH)–C–C–N with tert-alkyl or cyclic N) is 2. The molecular formula is C25H33NO5. The molecule has 1 aliphatic rings. The molecular weight excluding hydrogens is 394 g/mol. The third-order valence-corrected chi connectivity index (χ3v) is 5.57. The Kier molecular flexibility index (Phi) is 9.21. The van der Waals surface area contributed by atoms with Crippen LogP contribution in [-0.4, -0.2) is 76.0 Å². The maximum atomic E-state index is 9.89. The highest BCUT2D eigenvalue weighted by molar-refractivity contribution is 5.63. The van der Waals surface area contributed by atoms with E-state index in [1.54, 1.807) is 0 Å². The molecule has 168 valence electrons. The molecule has 0 aliphatic carbocycles. The van der Waals surface area contributed by atoms with Crippen LogP contribution in [0.1, 0.15) is 18.4 Å². The van der Waals surface area contributed by atoms with Crippen LogP contribution in [0.4, 0.5) is 0 Å². The fraction of sp³-hybridized carbons (Fsp3) is 0.440. The van der Waals surface area contributed by atoms with E-state index in [4.69, 9.17) is 4.74 Å². The molecule has 0 aromatic heterocycles. The first kappa shape index (κ1) is 23.6. The number of likely N-dealkylation sites (tertiary alicyclic amines) is 1. The van der Waals surface area contributed by atoms with Gasteiger partial charge in [0.2, 0.25) is 0 Å². The molecule has 1 heterocycles. The summed E-state index contributed by atoms with van der Waals surface area (Å²) in [6.45, 7) is 2.32. The summed E-state index contributed by atoms with van der Waals surface area (Å²) in [7, 11) is 0. The van der Waals surface area contributed by atoms with Gasteiger partial charge >= 0.3 is 0 Å². The van der Waals surface area contributed by atoms with E-state index in [0.717, 1.165) is 18.4 Å². The van der Waals surface area contributed by atoms with Crippen LogP contribution in [0, 0.1) is 0 Å². The number of nitrogens with zero attached hydrogens (tertiary/aromatic N) is 1. The van der Waals surface area contributed by atoms with E-state index < -0.39 is 24.4 Å². The molecule has 1 fully saturated rings. The van der Waals surface area contributed by atoms with E-state index in [1.807, 2.05) is 23.1 Å². The zero-order valence-corrected chi connectivity index (χ0v) is 17.8. The Hall–Kier alpha value is -2.06. The van der Waals surface area contributed by atoms with Crippen LogP contribution >= 0.6 is 0 Å². The zero-order chi connectivity index (χ0) is 22.1. The molecule has 6 heteroatoms. The molecule has 2 aromatic rings. The average molecular weight is 428 g/mol. The lowest BCUT2D eigenvalue weighted by atomic mass is 10.0. The fourth-order valence-corrected chi connectivity index (χ4v) is 3.72. The Morgan fingerprint density at radius 3 is 2.00 bits per heavy atom. The van der Waals surface area contributed by atoms with Gasteiger partial charge in [-0.15, -0.1) is 0 Å². The quantitative estimate of drug-likeness (QED) is 0.361. The monoisotopic (exact) mass is 427 g/mol. The second kappa shape index (κ2) is 12.1. The lowest BCUT2D eigenvalue weighted by Gasteiger charge is -2.22. The van der Waals surface area contributed by atoms with Crippen molar-refractivity contribution < 1.29 is 25.2 Å². The standard InChI is InChI=1S/C25H33NO5/c27-22-16-26(17-23(28)25(30)24(22)29)14-6-1-2-7-15-31-18-19-10-12-21(13-11-19)20-8-4-3-5-9-20/h1-5,8-13,22-25,27-30H,6-7,14-18H2/b2-1+/t22-,23-,24+,25+/m0/s1. The van der Waals surface area contributed by atoms with Crippen molar-refractivity contribution in [3.63, 3.8) is 0 Å². The molecule has 4 N–H and O–H groups in total. The Bertz CT molecular complexity index is 779. The van der Waals surface area contributed by atoms with Crippen LogP contribution in [0.15, 0.2) is 66.7 Å². The molecule has 0 unspecified atom stereocenters. The second-order valence-electron chi connectivity index (χ2n) is 8.04. The number of rotatable bonds is 9. The predicted molar refractivity (Wildman–Crippen MR) is 120 cm³/mol. The van der Waals surface area contributed by atoms with E-state index in [0.29, 0.717) is 19.8 Å². The van der Waals surface area contributed by atoms with E-state index in [1.165, 1.54) is 11.1 Å². The molecule has 0 radical (unpaired) electrons. The summed E-state index contributed by atoms with van der Waals surface area (Å²) < 4.78 is 5.75. The van der Waals surface area contributed by atoms with Gasteiger partial charge in [0, 0.05) is 19.6 Å². The van der Waals surface area contributed by atoms with Crippen molar-refractivity contribution in [2.75, 3.05) is 26.2 Å². The van der Waals surface area contributed by atoms with Crippen LogP contribution < -0.4 is 0 Å². The van der Waals surface area contributed by atoms with Gasteiger partial charge in [-0.2, -0.15) is 0 Å². The zero-order valence-electron chi connectivity index (χ0n) is 17.8. The first-order chi connectivity index (χ1) is 15.0. The van der Waals surface area contributed by atoms with E-state index >= 15 is 0 Å². The molecule has 2 aromatic carbocycles. The van der Waals surface area contributed by atoms with Gasteiger partial charge in [0.15, 0.2) is 0 Å². The van der Waals surface area contributed by atoms with Crippen LogP contribution in [-0.2, 0) is 11.3 Å². The van der Waals surface area contributed by atoms with E-state index in [2.05, 4.69) is 48.6 Å². The summed E-state index contributed by atoms with van der Waals surface area (Å²) >= 11 is 0. The Balaban J connectivity index is 1.30. The third kappa shape index (κ3) is 7.25. The number of benzene rings is 2. The molecule has 0 saturated carbocycles. The van der Waals surface area contributed by atoms with Gasteiger partial charge in [0.05, 0.1) is 25.4 Å². The van der Waals surface area contributed by atoms with E-state index in [9.17, 15) is 20.4 Å². The highest BCUT2D eigenvalue weighted by atomic mass is 16.5. The summed E-state index contributed by atoms with van der Waals surface area (Å²) in [6, 6.07) is 18.7. The normalized spacial score (nSPS) is 25.0. The molecule has 31 heavy (non-hydrogen) atoms. The number of hydrogen-bond acceptors (Lipinski definition) is 6. The number of aliphatic hydroxyl groups is 4. The van der Waals surface area contributed by atoms with Crippen molar-refractivity contribution in [2.24, 2.45) is 0 Å². The van der Waals surface area contributed by atoms with Gasteiger partial charge in [0.1, 0.15) is 12.2 Å². The van der Waals surface area contributed by atoms with Crippen molar-refractivity contribution in [1.82, 2.24) is 4.90 Å². The SMILES string of the molecule is O[C@H]1[C@H](O)[C@@H](O)CN(CC/C=C/CCOCc2ccc(-c3ccccc3)cc2)C[C@@H]1O. The smallest absolute Gasteiger partial charge is 0.110 e. The highest BCUT2D eigenvalue weighted by Gasteiger charge is 2.35. The highest BCUT2D eigenvalue weighted by Crippen LogP contribution is 2.19. The van der Waals surface area contributed by atoms with E-state index in [-0.39, 0.29) is 13.1 Å². The van der Waals surface area contributed by atoms with Crippen LogP contribution in [0.5, 0.6) is 0 Å². The number of hydrogen-bond donors (Lipinski definition) is 4. The van der Waals surface area contributed by atoms with Crippen LogP contribution in [0.25, 0.3) is 11.1 Å². The first-order valence-electron chi connectivity index (χ1n) is 10.9. The number of aliphatic hydroxyl groups excluding tert-OH is 4. The van der Waals surface area contributed by atoms with Crippen LogP contribution in [0.3, 0.4) is 0 Å². The van der Waals surface area contributed by atoms with Gasteiger partial charge in [-0.1, -0.05) is 66.7 Å². The Labute approximate surface area is 184 Å². The van der Waals surface area contributed by atoms with Crippen molar-refractivity contribution >= 4 is 0 Å². The largest absolute Gasteiger partial charge is 0.389 e. The summed E-state index contributed by atoms with van der Waals surface area (Å²) in [6.07, 6.45) is 0.917. The van der Waals surface area contributed by atoms with Gasteiger partial charge in [-0.25, -0.2) is 0 Å². The van der Waals surface area contributed by atoms with Crippen molar-refractivity contribution in [3.8, 4) is 11.1 Å². The van der Waals surface area contributed by atoms with Crippen molar-refractivity contribution in [2.45, 2.75) is 43.9 Å². The maximum absolute atomic E-state index is 9.89. The summed E-state index contributed by atoms with van der Waals surface area (Å²) in [5, 5.41) is 39.3. The number of ether oxygens (including phenoxy) is 1. The van der Waals surface area contributed by atoms with Crippen molar-refractivity contribution in [1.29, 1.82) is 0 Å². The minimum absolute atomic E-state index is 0.231. The van der Waals surface area contributed by atoms with Crippen LogP contribution in [0.2, 0.25) is 0 Å². The summed E-state index contributed by atoms with van der Waals surface area (Å²) in [4.78, 5) is 1.86. The van der Waals surface area contributed by atoms with Gasteiger partial charge in [-0.3, -0.25) is 4.90 Å². The lowest BCUT2D eigenvalue weighted by molar-refractivity contribution is -0.0894. The molecule has 1 aliphatic heterocycles. The molecule has 6 nitrogen and oxygen atoms in total. The summed E-state index contributed by atoms with van der Waals surface area (Å²) in [5.41, 5.74) is 3.55. The summed E-state index contributed by atoms with van der Waals surface area (Å²) in [5.74, 6) is 0. The lowest BCUT2D eigenvalue weighted by Crippen LogP contribution is -2.43. The van der Waals surface area contributed by atoms with Gasteiger partial charge in [0.25, 0.3) is 0 Å². The third-order valence-electron chi connectivity index (χ3n) is 5.57. The second-order valence-corrected chi connectivity index (χ2v) is 8.04. The molecule has 1 saturated heterocycles. The minimum atomic E-state index is -1.32. The molecule has 0 amide bonds. The molecule has 0 spiro atoms. The Morgan fingerprint density at radius 2 is 1.35 bits per heavy atom. The average Bonchev–Trinajstić information content (AvgIpc) is 2.88. The fourth-order valence-electron chi connectivity index (χ4n) is 3.72. The maximum Gasteiger partial charge on any atom is 0.110 e. The first-order valence-corrected chi connectivity index (χ1v) is 10.9. The molecule has 4 atom stereocenters. The molecule has 0 bridgehead atoms. The molecule has 3 rings (SSSR count). The Morgan fingerprint density at radius 1 is 0.774 bits per heavy atom. The van der Waals surface area contributed by atoms with Gasteiger partial charge in [-0.05, 0) is 29.5 Å². The topological polar surface area (TPSA) is 93.4 Å². The van der Waals surface area contributed by atoms with Crippen molar-refractivity contribution in [3.05, 3.63) is 72.3 Å². The minimum Gasteiger partial charge on any atom is -0.389 e. The van der Waals surface area contributed by atoms with Gasteiger partial charge < -0.3 is 25.2 Å². The predicted octanol–water partition coefficient (Wildman–Crippen LogP) is 1.97.